The third-order valence-corrected chi connectivity index (χ3v) is 2.90. The Morgan fingerprint density at radius 1 is 1.19 bits per heavy atom. The first kappa shape index (κ1) is 11.2. The van der Waals surface area contributed by atoms with E-state index in [2.05, 4.69) is 15.9 Å². The fourth-order valence-corrected chi connectivity index (χ4v) is 1.83. The molecule has 0 unspecified atom stereocenters. The average Bonchev–Trinajstić information content (AvgIpc) is 2.55. The van der Waals surface area contributed by atoms with Crippen LogP contribution in [-0.2, 0) is 9.59 Å². The molecular weight excluding hydrogens is 284 g/mol. The van der Waals surface area contributed by atoms with Crippen molar-refractivity contribution >= 4 is 33.3 Å². The van der Waals surface area contributed by atoms with Crippen molar-refractivity contribution in [2.24, 2.45) is 0 Å². The standard InChI is InChI=1S/C10H6BrF2NO2/c11-6-1-2-7(10(13)9(6)12)14-4-5(15)3-8(14)16/h1-2H,3-4H2. The van der Waals surface area contributed by atoms with E-state index in [0.29, 0.717) is 0 Å². The van der Waals surface area contributed by atoms with Gasteiger partial charge in [-0.3, -0.25) is 9.59 Å². The van der Waals surface area contributed by atoms with Gasteiger partial charge in [-0.25, -0.2) is 8.78 Å². The lowest BCUT2D eigenvalue weighted by Gasteiger charge is -2.15. The van der Waals surface area contributed by atoms with E-state index in [-0.39, 0.29) is 28.9 Å². The lowest BCUT2D eigenvalue weighted by Crippen LogP contribution is -2.25. The molecule has 0 spiro atoms. The van der Waals surface area contributed by atoms with Crippen LogP contribution in [0, 0.1) is 11.6 Å². The molecule has 0 saturated carbocycles. The minimum atomic E-state index is -1.13. The minimum Gasteiger partial charge on any atom is -0.302 e. The SMILES string of the molecule is O=C1CC(=O)N(c2ccc(Br)c(F)c2F)C1. The first-order valence-corrected chi connectivity index (χ1v) is 5.25. The van der Waals surface area contributed by atoms with E-state index in [9.17, 15) is 18.4 Å². The summed E-state index contributed by atoms with van der Waals surface area (Å²) in [6, 6.07) is 2.56. The van der Waals surface area contributed by atoms with Crippen molar-refractivity contribution in [3.8, 4) is 0 Å². The van der Waals surface area contributed by atoms with Gasteiger partial charge >= 0.3 is 0 Å². The fourth-order valence-electron chi connectivity index (χ4n) is 1.53. The summed E-state index contributed by atoms with van der Waals surface area (Å²) in [4.78, 5) is 23.3. The Morgan fingerprint density at radius 3 is 2.44 bits per heavy atom. The van der Waals surface area contributed by atoms with Gasteiger partial charge in [-0.15, -0.1) is 0 Å². The first-order valence-electron chi connectivity index (χ1n) is 4.46. The summed E-state index contributed by atoms with van der Waals surface area (Å²) in [5, 5.41) is 0. The van der Waals surface area contributed by atoms with Crippen molar-refractivity contribution < 1.29 is 18.4 Å². The molecule has 0 bridgehead atoms. The van der Waals surface area contributed by atoms with E-state index in [1.807, 2.05) is 0 Å². The highest BCUT2D eigenvalue weighted by atomic mass is 79.9. The van der Waals surface area contributed by atoms with Gasteiger partial charge in [-0.2, -0.15) is 0 Å². The summed E-state index contributed by atoms with van der Waals surface area (Å²) in [7, 11) is 0. The molecule has 1 aliphatic rings. The summed E-state index contributed by atoms with van der Waals surface area (Å²) in [6.07, 6.45) is -0.253. The molecule has 0 aromatic heterocycles. The molecule has 1 aromatic rings. The number of rotatable bonds is 1. The number of amides is 1. The Morgan fingerprint density at radius 2 is 1.88 bits per heavy atom. The lowest BCUT2D eigenvalue weighted by atomic mass is 10.2. The number of hydrogen-bond donors (Lipinski definition) is 0. The van der Waals surface area contributed by atoms with Crippen molar-refractivity contribution in [1.82, 2.24) is 0 Å². The predicted octanol–water partition coefficient (Wildman–Crippen LogP) is 2.03. The van der Waals surface area contributed by atoms with E-state index in [4.69, 9.17) is 0 Å². The van der Waals surface area contributed by atoms with Crippen molar-refractivity contribution in [2.75, 3.05) is 11.4 Å². The molecule has 1 heterocycles. The number of benzene rings is 1. The number of nitrogens with zero attached hydrogens (tertiary/aromatic N) is 1. The zero-order valence-corrected chi connectivity index (χ0v) is 9.55. The maximum Gasteiger partial charge on any atom is 0.235 e. The van der Waals surface area contributed by atoms with Crippen LogP contribution < -0.4 is 4.90 Å². The topological polar surface area (TPSA) is 37.4 Å². The van der Waals surface area contributed by atoms with E-state index < -0.39 is 17.5 Å². The molecule has 0 aliphatic carbocycles. The molecule has 6 heteroatoms. The molecule has 1 saturated heterocycles. The predicted molar refractivity (Wildman–Crippen MR) is 56.0 cm³/mol. The van der Waals surface area contributed by atoms with Crippen molar-refractivity contribution in [3.05, 3.63) is 28.2 Å². The van der Waals surface area contributed by atoms with E-state index in [1.54, 1.807) is 0 Å². The second-order valence-electron chi connectivity index (χ2n) is 3.39. The number of ketones is 1. The van der Waals surface area contributed by atoms with Gasteiger partial charge in [-0.05, 0) is 28.1 Å². The molecule has 0 radical (unpaired) electrons. The van der Waals surface area contributed by atoms with E-state index in [0.717, 1.165) is 4.90 Å². The summed E-state index contributed by atoms with van der Waals surface area (Å²) in [6.45, 7) is -0.198. The zero-order valence-electron chi connectivity index (χ0n) is 7.97. The van der Waals surface area contributed by atoms with Crippen LogP contribution in [0.4, 0.5) is 14.5 Å². The Bertz CT molecular complexity index is 490. The van der Waals surface area contributed by atoms with Gasteiger partial charge in [0.25, 0.3) is 0 Å². The van der Waals surface area contributed by atoms with Crippen molar-refractivity contribution in [2.45, 2.75) is 6.42 Å². The summed E-state index contributed by atoms with van der Waals surface area (Å²) < 4.78 is 26.7. The third-order valence-electron chi connectivity index (χ3n) is 2.29. The number of hydrogen-bond acceptors (Lipinski definition) is 2. The Hall–Kier alpha value is -1.30. The average molecular weight is 290 g/mol. The van der Waals surface area contributed by atoms with Crippen LogP contribution in [0.1, 0.15) is 6.42 Å². The van der Waals surface area contributed by atoms with Crippen molar-refractivity contribution in [3.63, 3.8) is 0 Å². The first-order chi connectivity index (χ1) is 7.50. The summed E-state index contributed by atoms with van der Waals surface area (Å²) >= 11 is 2.83. The largest absolute Gasteiger partial charge is 0.302 e. The monoisotopic (exact) mass is 289 g/mol. The van der Waals surface area contributed by atoms with Gasteiger partial charge in [0.15, 0.2) is 17.4 Å². The van der Waals surface area contributed by atoms with Crippen LogP contribution in [0.2, 0.25) is 0 Å². The number of anilines is 1. The second kappa shape index (κ2) is 3.93. The van der Waals surface area contributed by atoms with Gasteiger partial charge in [0.2, 0.25) is 5.91 Å². The van der Waals surface area contributed by atoms with Gasteiger partial charge in [-0.1, -0.05) is 0 Å². The van der Waals surface area contributed by atoms with Gasteiger partial charge in [0, 0.05) is 0 Å². The zero-order chi connectivity index (χ0) is 11.9. The third kappa shape index (κ3) is 1.73. The molecule has 1 aliphatic heterocycles. The van der Waals surface area contributed by atoms with Crippen LogP contribution >= 0.6 is 15.9 Å². The Labute approximate surface area is 98.2 Å². The Kier molecular flexibility index (Phi) is 2.75. The van der Waals surface area contributed by atoms with Gasteiger partial charge in [0.05, 0.1) is 23.1 Å². The normalized spacial score (nSPS) is 16.1. The smallest absolute Gasteiger partial charge is 0.235 e. The van der Waals surface area contributed by atoms with Crippen LogP contribution in [0.15, 0.2) is 16.6 Å². The summed E-state index contributed by atoms with van der Waals surface area (Å²) in [5.74, 6) is -3.00. The molecule has 1 aromatic carbocycles. The molecule has 2 rings (SSSR count). The maximum atomic E-state index is 13.5. The second-order valence-corrected chi connectivity index (χ2v) is 4.24. The highest BCUT2D eigenvalue weighted by Gasteiger charge is 2.31. The highest BCUT2D eigenvalue weighted by molar-refractivity contribution is 9.10. The molecule has 0 atom stereocenters. The van der Waals surface area contributed by atoms with Crippen molar-refractivity contribution in [1.29, 1.82) is 0 Å². The molecule has 84 valence electrons. The fraction of sp³-hybridized carbons (Fsp3) is 0.200. The molecular formula is C10H6BrF2NO2. The summed E-state index contributed by atoms with van der Waals surface area (Å²) in [5.41, 5.74) is -0.198. The molecule has 0 N–H and O–H groups in total. The lowest BCUT2D eigenvalue weighted by molar-refractivity contribution is -0.121. The van der Waals surface area contributed by atoms with Crippen LogP contribution in [-0.4, -0.2) is 18.2 Å². The van der Waals surface area contributed by atoms with Gasteiger partial charge < -0.3 is 4.90 Å². The highest BCUT2D eigenvalue weighted by Crippen LogP contribution is 2.29. The van der Waals surface area contributed by atoms with Crippen LogP contribution in [0.5, 0.6) is 0 Å². The molecule has 1 amide bonds. The van der Waals surface area contributed by atoms with Gasteiger partial charge in [0.1, 0.15) is 0 Å². The van der Waals surface area contributed by atoms with E-state index >= 15 is 0 Å². The number of halogens is 3. The number of carbonyl (C=O) groups excluding carboxylic acids is 2. The minimum absolute atomic E-state index is 0.0216. The van der Waals surface area contributed by atoms with Crippen LogP contribution in [0.25, 0.3) is 0 Å². The Balaban J connectivity index is 2.45. The van der Waals surface area contributed by atoms with Crippen LogP contribution in [0.3, 0.4) is 0 Å². The quantitative estimate of drug-likeness (QED) is 0.586. The molecule has 1 fully saturated rings. The maximum absolute atomic E-state index is 13.5. The molecule has 3 nitrogen and oxygen atoms in total. The molecule has 16 heavy (non-hydrogen) atoms. The number of Topliss-reactive ketones (excluding diaryl/α,β-unsaturated/α-hetero) is 1. The number of carbonyl (C=O) groups is 2. The van der Waals surface area contributed by atoms with E-state index in [1.165, 1.54) is 12.1 Å².